The van der Waals surface area contributed by atoms with Crippen LogP contribution in [-0.2, 0) is 17.6 Å². The van der Waals surface area contributed by atoms with E-state index in [1.165, 1.54) is 5.56 Å². The lowest BCUT2D eigenvalue weighted by Gasteiger charge is -2.09. The minimum atomic E-state index is -0.131. The number of methoxy groups -OCH3 is 1. The fraction of sp³-hybridized carbons (Fsp3) is 0.300. The van der Waals surface area contributed by atoms with Gasteiger partial charge in [-0.1, -0.05) is 42.5 Å². The van der Waals surface area contributed by atoms with E-state index in [2.05, 4.69) is 28.7 Å². The van der Waals surface area contributed by atoms with Crippen LogP contribution in [0, 0.1) is 0 Å². The molecule has 3 rings (SSSR count). The van der Waals surface area contributed by atoms with Crippen molar-refractivity contribution < 1.29 is 9.53 Å². The number of carbonyl (C=O) groups is 1. The molecule has 4 nitrogen and oxygen atoms in total. The Hall–Kier alpha value is -2.62. The molecular formula is C20H22N2O2. The first kappa shape index (κ1) is 16.2. The van der Waals surface area contributed by atoms with E-state index in [0.29, 0.717) is 0 Å². The van der Waals surface area contributed by atoms with Crippen molar-refractivity contribution in [2.24, 2.45) is 5.10 Å². The van der Waals surface area contributed by atoms with Gasteiger partial charge in [-0.15, -0.1) is 0 Å². The van der Waals surface area contributed by atoms with Crippen molar-refractivity contribution in [1.29, 1.82) is 0 Å². The number of aryl methyl sites for hydroxylation is 1. The highest BCUT2D eigenvalue weighted by molar-refractivity contribution is 6.02. The minimum absolute atomic E-state index is 0.131. The van der Waals surface area contributed by atoms with Gasteiger partial charge in [-0.3, -0.25) is 4.79 Å². The summed E-state index contributed by atoms with van der Waals surface area (Å²) >= 11 is 0. The molecule has 0 saturated carbocycles. The quantitative estimate of drug-likeness (QED) is 0.692. The van der Waals surface area contributed by atoms with Crippen molar-refractivity contribution in [3.05, 3.63) is 65.2 Å². The van der Waals surface area contributed by atoms with Gasteiger partial charge in [-0.05, 0) is 37.3 Å². The van der Waals surface area contributed by atoms with Crippen LogP contribution in [0.1, 0.15) is 36.0 Å². The fourth-order valence-corrected chi connectivity index (χ4v) is 3.07. The average Bonchev–Trinajstić information content (AvgIpc) is 2.83. The Morgan fingerprint density at radius 1 is 1.08 bits per heavy atom. The molecule has 0 atom stereocenters. The van der Waals surface area contributed by atoms with Crippen molar-refractivity contribution in [1.82, 2.24) is 5.43 Å². The Morgan fingerprint density at radius 3 is 2.71 bits per heavy atom. The number of fused-ring (bicyclic) bond motifs is 1. The lowest BCUT2D eigenvalue weighted by Crippen LogP contribution is -2.22. The molecule has 1 aliphatic carbocycles. The molecule has 2 aromatic carbocycles. The number of para-hydroxylation sites is 1. The second-order valence-electron chi connectivity index (χ2n) is 5.95. The number of nitrogens with zero attached hydrogens (tertiary/aromatic N) is 1. The summed E-state index contributed by atoms with van der Waals surface area (Å²) in [5, 5.41) is 4.41. The standard InChI is InChI=1S/C20H22N2O2/c1-24-19-13-7-4-10-16(19)14-20(23)22-21-18-12-6-3-9-15-8-2-5-11-17(15)18/h2,4-5,7-8,10-11,13H,3,6,9,12,14H2,1H3,(H,22,23). The summed E-state index contributed by atoms with van der Waals surface area (Å²) in [5.74, 6) is 0.592. The molecule has 0 radical (unpaired) electrons. The Morgan fingerprint density at radius 2 is 1.83 bits per heavy atom. The molecule has 124 valence electrons. The molecule has 1 aliphatic rings. The minimum Gasteiger partial charge on any atom is -0.496 e. The summed E-state index contributed by atoms with van der Waals surface area (Å²) in [5.41, 5.74) is 7.02. The Bertz CT molecular complexity index is 753. The van der Waals surface area contributed by atoms with Crippen LogP contribution in [0.2, 0.25) is 0 Å². The van der Waals surface area contributed by atoms with Gasteiger partial charge in [-0.25, -0.2) is 5.43 Å². The van der Waals surface area contributed by atoms with Crippen LogP contribution in [0.5, 0.6) is 5.75 Å². The maximum atomic E-state index is 12.2. The predicted octanol–water partition coefficient (Wildman–Crippen LogP) is 3.48. The lowest BCUT2D eigenvalue weighted by atomic mass is 10.0. The van der Waals surface area contributed by atoms with E-state index in [4.69, 9.17) is 4.74 Å². The van der Waals surface area contributed by atoms with Crippen LogP contribution in [0.25, 0.3) is 0 Å². The monoisotopic (exact) mass is 322 g/mol. The predicted molar refractivity (Wildman–Crippen MR) is 95.4 cm³/mol. The van der Waals surface area contributed by atoms with Crippen molar-refractivity contribution in [2.75, 3.05) is 7.11 Å². The molecular weight excluding hydrogens is 300 g/mol. The third-order valence-corrected chi connectivity index (χ3v) is 4.30. The Labute approximate surface area is 142 Å². The molecule has 0 fully saturated rings. The second-order valence-corrected chi connectivity index (χ2v) is 5.95. The van der Waals surface area contributed by atoms with E-state index in [9.17, 15) is 4.79 Å². The van der Waals surface area contributed by atoms with E-state index >= 15 is 0 Å². The number of ether oxygens (including phenoxy) is 1. The third-order valence-electron chi connectivity index (χ3n) is 4.30. The van der Waals surface area contributed by atoms with E-state index < -0.39 is 0 Å². The SMILES string of the molecule is COc1ccccc1CC(=O)NN=C1CCCCc2ccccc21. The highest BCUT2D eigenvalue weighted by Crippen LogP contribution is 2.21. The molecule has 0 aliphatic heterocycles. The summed E-state index contributed by atoms with van der Waals surface area (Å²) in [7, 11) is 1.61. The van der Waals surface area contributed by atoms with Crippen LogP contribution < -0.4 is 10.2 Å². The third kappa shape index (κ3) is 3.82. The molecule has 24 heavy (non-hydrogen) atoms. The zero-order valence-electron chi connectivity index (χ0n) is 13.9. The highest BCUT2D eigenvalue weighted by atomic mass is 16.5. The molecule has 0 aromatic heterocycles. The second kappa shape index (κ2) is 7.77. The van der Waals surface area contributed by atoms with Gasteiger partial charge >= 0.3 is 0 Å². The summed E-state index contributed by atoms with van der Waals surface area (Å²) < 4.78 is 5.29. The number of hydrogen-bond acceptors (Lipinski definition) is 3. The van der Waals surface area contributed by atoms with Gasteiger partial charge in [-0.2, -0.15) is 5.10 Å². The van der Waals surface area contributed by atoms with E-state index in [-0.39, 0.29) is 12.3 Å². The van der Waals surface area contributed by atoms with Crippen LogP contribution in [0.3, 0.4) is 0 Å². The summed E-state index contributed by atoms with van der Waals surface area (Å²) in [6.07, 6.45) is 4.47. The first-order valence-electron chi connectivity index (χ1n) is 8.33. The lowest BCUT2D eigenvalue weighted by molar-refractivity contribution is -0.120. The molecule has 0 bridgehead atoms. The molecule has 0 spiro atoms. The summed E-state index contributed by atoms with van der Waals surface area (Å²) in [4.78, 5) is 12.2. The van der Waals surface area contributed by atoms with Gasteiger partial charge < -0.3 is 4.74 Å². The molecule has 0 unspecified atom stereocenters. The number of nitrogens with one attached hydrogen (secondary N) is 1. The number of rotatable bonds is 4. The van der Waals surface area contributed by atoms with E-state index in [1.54, 1.807) is 7.11 Å². The van der Waals surface area contributed by atoms with Gasteiger partial charge in [0.05, 0.1) is 19.2 Å². The van der Waals surface area contributed by atoms with Gasteiger partial charge in [0.25, 0.3) is 0 Å². The molecule has 1 N–H and O–H groups in total. The van der Waals surface area contributed by atoms with Crippen molar-refractivity contribution in [3.63, 3.8) is 0 Å². The van der Waals surface area contributed by atoms with Crippen LogP contribution in [-0.4, -0.2) is 18.7 Å². The average molecular weight is 322 g/mol. The summed E-state index contributed by atoms with van der Waals surface area (Å²) in [6.45, 7) is 0. The highest BCUT2D eigenvalue weighted by Gasteiger charge is 2.14. The maximum absolute atomic E-state index is 12.2. The molecule has 0 heterocycles. The Balaban J connectivity index is 1.72. The van der Waals surface area contributed by atoms with Gasteiger partial charge in [0.1, 0.15) is 5.75 Å². The molecule has 0 saturated heterocycles. The number of hydrogen-bond donors (Lipinski definition) is 1. The number of carbonyl (C=O) groups excluding carboxylic acids is 1. The zero-order chi connectivity index (χ0) is 16.8. The number of benzene rings is 2. The molecule has 2 aromatic rings. The van der Waals surface area contributed by atoms with Crippen molar-refractivity contribution >= 4 is 11.6 Å². The van der Waals surface area contributed by atoms with Crippen molar-refractivity contribution in [2.45, 2.75) is 32.1 Å². The van der Waals surface area contributed by atoms with Gasteiger partial charge in [0.2, 0.25) is 5.91 Å². The smallest absolute Gasteiger partial charge is 0.244 e. The molecule has 4 heteroatoms. The molecule has 1 amide bonds. The van der Waals surface area contributed by atoms with E-state index in [1.807, 2.05) is 30.3 Å². The van der Waals surface area contributed by atoms with Gasteiger partial charge in [0, 0.05) is 11.1 Å². The topological polar surface area (TPSA) is 50.7 Å². The normalized spacial score (nSPS) is 15.5. The number of amides is 1. The first-order chi connectivity index (χ1) is 11.8. The Kier molecular flexibility index (Phi) is 5.26. The van der Waals surface area contributed by atoms with Gasteiger partial charge in [0.15, 0.2) is 0 Å². The largest absolute Gasteiger partial charge is 0.496 e. The first-order valence-corrected chi connectivity index (χ1v) is 8.33. The van der Waals surface area contributed by atoms with Crippen LogP contribution in [0.4, 0.5) is 0 Å². The van der Waals surface area contributed by atoms with Crippen molar-refractivity contribution in [3.8, 4) is 5.75 Å². The van der Waals surface area contributed by atoms with Crippen LogP contribution >= 0.6 is 0 Å². The summed E-state index contributed by atoms with van der Waals surface area (Å²) in [6, 6.07) is 15.9. The van der Waals surface area contributed by atoms with Crippen LogP contribution in [0.15, 0.2) is 53.6 Å². The van der Waals surface area contributed by atoms with E-state index in [0.717, 1.165) is 48.3 Å². The zero-order valence-corrected chi connectivity index (χ0v) is 13.9. The number of hydrazone groups is 1. The maximum Gasteiger partial charge on any atom is 0.244 e. The fourth-order valence-electron chi connectivity index (χ4n) is 3.07.